The number of aliphatic hydroxyl groups is 1. The number of carbonyl (C=O) groups excluding carboxylic acids is 1. The number of pyridine rings is 1. The Balaban J connectivity index is 2.08. The van der Waals surface area contributed by atoms with Crippen LogP contribution in [0.2, 0.25) is 0 Å². The van der Waals surface area contributed by atoms with Crippen molar-refractivity contribution < 1.29 is 9.90 Å². The number of hydrogen-bond acceptors (Lipinski definition) is 4. The Morgan fingerprint density at radius 2 is 1.90 bits per heavy atom. The van der Waals surface area contributed by atoms with Gasteiger partial charge in [-0.05, 0) is 29.8 Å². The predicted octanol–water partition coefficient (Wildman–Crippen LogP) is 2.43. The van der Waals surface area contributed by atoms with Crippen molar-refractivity contribution in [3.63, 3.8) is 0 Å². The van der Waals surface area contributed by atoms with Crippen LogP contribution in [0.15, 0.2) is 52.5 Å². The van der Waals surface area contributed by atoms with Gasteiger partial charge in [-0.25, -0.2) is 4.98 Å². The van der Waals surface area contributed by atoms with E-state index >= 15 is 0 Å². The largest absolute Gasteiger partial charge is 0.392 e. The summed E-state index contributed by atoms with van der Waals surface area (Å²) in [5.41, 5.74) is 1.46. The summed E-state index contributed by atoms with van der Waals surface area (Å²) >= 11 is 1.52. The lowest BCUT2D eigenvalue weighted by Crippen LogP contribution is -2.21. The van der Waals surface area contributed by atoms with E-state index in [-0.39, 0.29) is 12.5 Å². The van der Waals surface area contributed by atoms with E-state index in [1.54, 1.807) is 26.4 Å². The first-order chi connectivity index (χ1) is 9.60. The molecular formula is C15H16N2O2S. The molecule has 0 saturated carbocycles. The standard InChI is InChI=1S/C15H16N2O2S/c1-17(2)15(19)12-5-8-14(16-9-12)20-13-6-3-11(10-18)4-7-13/h3-9,18H,10H2,1-2H3. The summed E-state index contributed by atoms with van der Waals surface area (Å²) in [7, 11) is 3.43. The fourth-order valence-corrected chi connectivity index (χ4v) is 2.36. The van der Waals surface area contributed by atoms with E-state index in [2.05, 4.69) is 4.98 Å². The number of rotatable bonds is 4. The van der Waals surface area contributed by atoms with E-state index in [0.29, 0.717) is 5.56 Å². The molecule has 20 heavy (non-hydrogen) atoms. The number of amides is 1. The highest BCUT2D eigenvalue weighted by Crippen LogP contribution is 2.26. The van der Waals surface area contributed by atoms with E-state index in [9.17, 15) is 4.79 Å². The van der Waals surface area contributed by atoms with Gasteiger partial charge in [0.05, 0.1) is 12.2 Å². The van der Waals surface area contributed by atoms with Gasteiger partial charge in [-0.3, -0.25) is 4.79 Å². The smallest absolute Gasteiger partial charge is 0.254 e. The van der Waals surface area contributed by atoms with Gasteiger partial charge in [-0.15, -0.1) is 0 Å². The van der Waals surface area contributed by atoms with Gasteiger partial charge < -0.3 is 10.0 Å². The monoisotopic (exact) mass is 288 g/mol. The van der Waals surface area contributed by atoms with Crippen molar-refractivity contribution in [1.82, 2.24) is 9.88 Å². The van der Waals surface area contributed by atoms with Gasteiger partial charge in [-0.1, -0.05) is 23.9 Å². The lowest BCUT2D eigenvalue weighted by molar-refractivity contribution is 0.0827. The van der Waals surface area contributed by atoms with Crippen LogP contribution in [0.25, 0.3) is 0 Å². The molecule has 1 aromatic carbocycles. The number of benzene rings is 1. The maximum absolute atomic E-state index is 11.7. The highest BCUT2D eigenvalue weighted by atomic mass is 32.2. The molecule has 4 nitrogen and oxygen atoms in total. The van der Waals surface area contributed by atoms with E-state index in [4.69, 9.17) is 5.11 Å². The zero-order chi connectivity index (χ0) is 14.5. The summed E-state index contributed by atoms with van der Waals surface area (Å²) < 4.78 is 0. The highest BCUT2D eigenvalue weighted by molar-refractivity contribution is 7.99. The third-order valence-electron chi connectivity index (χ3n) is 2.72. The summed E-state index contributed by atoms with van der Waals surface area (Å²) in [4.78, 5) is 18.6. The fourth-order valence-electron chi connectivity index (χ4n) is 1.61. The van der Waals surface area contributed by atoms with Gasteiger partial charge in [0, 0.05) is 25.2 Å². The van der Waals surface area contributed by atoms with E-state index in [0.717, 1.165) is 15.5 Å². The molecule has 104 valence electrons. The molecule has 0 fully saturated rings. The van der Waals surface area contributed by atoms with Crippen LogP contribution >= 0.6 is 11.8 Å². The molecule has 1 heterocycles. The molecule has 5 heteroatoms. The molecule has 0 radical (unpaired) electrons. The van der Waals surface area contributed by atoms with Crippen LogP contribution in [0.5, 0.6) is 0 Å². The first-order valence-electron chi connectivity index (χ1n) is 6.15. The van der Waals surface area contributed by atoms with Gasteiger partial charge in [0.1, 0.15) is 5.03 Å². The maximum Gasteiger partial charge on any atom is 0.254 e. The summed E-state index contributed by atoms with van der Waals surface area (Å²) in [5, 5.41) is 9.82. The second kappa shape index (κ2) is 6.54. The Bertz CT molecular complexity index is 580. The van der Waals surface area contributed by atoms with Crippen molar-refractivity contribution in [1.29, 1.82) is 0 Å². The molecule has 2 rings (SSSR count). The average Bonchev–Trinajstić information content (AvgIpc) is 2.48. The average molecular weight is 288 g/mol. The molecule has 1 aromatic heterocycles. The number of nitrogens with zero attached hydrogens (tertiary/aromatic N) is 2. The lowest BCUT2D eigenvalue weighted by Gasteiger charge is -2.10. The molecule has 0 spiro atoms. The topological polar surface area (TPSA) is 53.4 Å². The van der Waals surface area contributed by atoms with Gasteiger partial charge in [-0.2, -0.15) is 0 Å². The minimum atomic E-state index is -0.0543. The Morgan fingerprint density at radius 1 is 1.20 bits per heavy atom. The van der Waals surface area contributed by atoms with Crippen molar-refractivity contribution in [2.45, 2.75) is 16.5 Å². The van der Waals surface area contributed by atoms with Crippen LogP contribution in [0.3, 0.4) is 0 Å². The van der Waals surface area contributed by atoms with Crippen LogP contribution in [0.4, 0.5) is 0 Å². The van der Waals surface area contributed by atoms with Gasteiger partial charge >= 0.3 is 0 Å². The van der Waals surface area contributed by atoms with E-state index < -0.39 is 0 Å². The van der Waals surface area contributed by atoms with Crippen LogP contribution in [0, 0.1) is 0 Å². The van der Waals surface area contributed by atoms with Crippen LogP contribution in [0.1, 0.15) is 15.9 Å². The van der Waals surface area contributed by atoms with Crippen LogP contribution in [-0.2, 0) is 6.61 Å². The van der Waals surface area contributed by atoms with Crippen molar-refractivity contribution in [3.05, 3.63) is 53.7 Å². The SMILES string of the molecule is CN(C)C(=O)c1ccc(Sc2ccc(CO)cc2)nc1. The van der Waals surface area contributed by atoms with Crippen molar-refractivity contribution in [2.75, 3.05) is 14.1 Å². The Hall–Kier alpha value is -1.85. The molecule has 0 bridgehead atoms. The molecule has 0 saturated heterocycles. The second-order valence-electron chi connectivity index (χ2n) is 4.49. The van der Waals surface area contributed by atoms with E-state index in [1.165, 1.54) is 16.7 Å². The molecule has 0 aliphatic carbocycles. The molecule has 2 aromatic rings. The Kier molecular flexibility index (Phi) is 4.76. The normalized spacial score (nSPS) is 10.3. The van der Waals surface area contributed by atoms with Crippen LogP contribution in [-0.4, -0.2) is 35.0 Å². The molecule has 0 aliphatic heterocycles. The zero-order valence-corrected chi connectivity index (χ0v) is 12.2. The lowest BCUT2D eigenvalue weighted by atomic mass is 10.2. The molecule has 0 unspecified atom stereocenters. The second-order valence-corrected chi connectivity index (χ2v) is 5.58. The Labute approximate surface area is 122 Å². The summed E-state index contributed by atoms with van der Waals surface area (Å²) in [5.74, 6) is -0.0543. The third kappa shape index (κ3) is 3.59. The van der Waals surface area contributed by atoms with Gasteiger partial charge in [0.25, 0.3) is 5.91 Å². The Morgan fingerprint density at radius 3 is 2.40 bits per heavy atom. The van der Waals surface area contributed by atoms with Crippen molar-refractivity contribution >= 4 is 17.7 Å². The highest BCUT2D eigenvalue weighted by Gasteiger charge is 2.08. The third-order valence-corrected chi connectivity index (χ3v) is 3.68. The molecule has 1 amide bonds. The summed E-state index contributed by atoms with van der Waals surface area (Å²) in [6, 6.07) is 11.3. The number of carbonyl (C=O) groups is 1. The van der Waals surface area contributed by atoms with Crippen molar-refractivity contribution in [2.24, 2.45) is 0 Å². The van der Waals surface area contributed by atoms with Crippen molar-refractivity contribution in [3.8, 4) is 0 Å². The van der Waals surface area contributed by atoms with E-state index in [1.807, 2.05) is 30.3 Å². The molecule has 0 atom stereocenters. The van der Waals surface area contributed by atoms with Gasteiger partial charge in [0.15, 0.2) is 0 Å². The number of aromatic nitrogens is 1. The minimum Gasteiger partial charge on any atom is -0.392 e. The van der Waals surface area contributed by atoms with Gasteiger partial charge in [0.2, 0.25) is 0 Å². The molecule has 1 N–H and O–H groups in total. The number of hydrogen-bond donors (Lipinski definition) is 1. The maximum atomic E-state index is 11.7. The first kappa shape index (κ1) is 14.6. The predicted molar refractivity (Wildman–Crippen MR) is 78.7 cm³/mol. The molecular weight excluding hydrogens is 272 g/mol. The molecule has 0 aliphatic rings. The fraction of sp³-hybridized carbons (Fsp3) is 0.200. The minimum absolute atomic E-state index is 0.0462. The number of aliphatic hydroxyl groups excluding tert-OH is 1. The zero-order valence-electron chi connectivity index (χ0n) is 11.4. The van der Waals surface area contributed by atoms with Crippen LogP contribution < -0.4 is 0 Å². The quantitative estimate of drug-likeness (QED) is 0.939. The summed E-state index contributed by atoms with van der Waals surface area (Å²) in [6.07, 6.45) is 1.59. The first-order valence-corrected chi connectivity index (χ1v) is 6.97. The summed E-state index contributed by atoms with van der Waals surface area (Å²) in [6.45, 7) is 0.0462.